The summed E-state index contributed by atoms with van der Waals surface area (Å²) in [6.07, 6.45) is 9.48. The molecule has 0 aromatic carbocycles. The zero-order valence-electron chi connectivity index (χ0n) is 15.4. The number of carbonyl (C=O) groups excluding carboxylic acids is 1. The summed E-state index contributed by atoms with van der Waals surface area (Å²) in [6, 6.07) is 8.20. The highest BCUT2D eigenvalue weighted by molar-refractivity contribution is 8.00. The molecule has 1 amide bonds. The smallest absolute Gasteiger partial charge is 0.230 e. The second kappa shape index (κ2) is 7.43. The summed E-state index contributed by atoms with van der Waals surface area (Å²) in [4.78, 5) is 24.2. The maximum absolute atomic E-state index is 12.5. The third-order valence-electron chi connectivity index (χ3n) is 5.75. The standard InChI is InChI=1S/C20H22N6OS/c27-19(13-28-16-5-7-21-8-6-16)23-20-14-1-2-15(20)12-25(11-14)18-4-3-17-22-9-10-26(17)24-18/h3-10,14-15,20H,1-2,11-13H2,(H,23,27)/t14-,15+,20?. The van der Waals surface area contributed by atoms with Gasteiger partial charge in [-0.25, -0.2) is 9.50 Å². The predicted octanol–water partition coefficient (Wildman–Crippen LogP) is 2.25. The molecular weight excluding hydrogens is 372 g/mol. The Bertz CT molecular complexity index is 963. The number of hydrogen-bond acceptors (Lipinski definition) is 6. The topological polar surface area (TPSA) is 75.4 Å². The van der Waals surface area contributed by atoms with Gasteiger partial charge in [0.1, 0.15) is 5.82 Å². The molecule has 1 unspecified atom stereocenters. The molecule has 1 aliphatic heterocycles. The second-order valence-electron chi connectivity index (χ2n) is 7.49. The average Bonchev–Trinajstić information content (AvgIpc) is 3.27. The molecule has 0 spiro atoms. The molecule has 2 fully saturated rings. The van der Waals surface area contributed by atoms with Gasteiger partial charge in [-0.2, -0.15) is 0 Å². The summed E-state index contributed by atoms with van der Waals surface area (Å²) in [5, 5.41) is 8.00. The highest BCUT2D eigenvalue weighted by Crippen LogP contribution is 2.38. The zero-order chi connectivity index (χ0) is 18.9. The van der Waals surface area contributed by atoms with Gasteiger partial charge < -0.3 is 10.2 Å². The van der Waals surface area contributed by atoms with Crippen molar-refractivity contribution in [3.05, 3.63) is 49.1 Å². The first-order chi connectivity index (χ1) is 13.8. The highest BCUT2D eigenvalue weighted by Gasteiger charge is 2.43. The number of amides is 1. The van der Waals surface area contributed by atoms with E-state index in [0.29, 0.717) is 17.6 Å². The number of fused-ring (bicyclic) bond motifs is 3. The average molecular weight is 395 g/mol. The van der Waals surface area contributed by atoms with Crippen LogP contribution in [0.1, 0.15) is 12.8 Å². The minimum absolute atomic E-state index is 0.120. The van der Waals surface area contributed by atoms with Gasteiger partial charge >= 0.3 is 0 Å². The van der Waals surface area contributed by atoms with Crippen LogP contribution in [0.25, 0.3) is 5.65 Å². The van der Waals surface area contributed by atoms with E-state index in [2.05, 4.69) is 25.3 Å². The van der Waals surface area contributed by atoms with Crippen molar-refractivity contribution >= 4 is 29.1 Å². The quantitative estimate of drug-likeness (QED) is 0.669. The lowest BCUT2D eigenvalue weighted by atomic mass is 9.92. The molecule has 28 heavy (non-hydrogen) atoms. The van der Waals surface area contributed by atoms with Gasteiger partial charge in [0.25, 0.3) is 0 Å². The third kappa shape index (κ3) is 3.44. The van der Waals surface area contributed by atoms with E-state index in [9.17, 15) is 4.79 Å². The molecule has 7 nitrogen and oxygen atoms in total. The Morgan fingerprint density at radius 1 is 1.11 bits per heavy atom. The molecule has 5 rings (SSSR count). The van der Waals surface area contributed by atoms with Crippen molar-refractivity contribution in [3.8, 4) is 0 Å². The number of pyridine rings is 1. The van der Waals surface area contributed by atoms with Crippen molar-refractivity contribution in [1.82, 2.24) is 24.9 Å². The zero-order valence-corrected chi connectivity index (χ0v) is 16.3. The number of hydrogen-bond donors (Lipinski definition) is 1. The number of nitrogens with one attached hydrogen (secondary N) is 1. The first-order valence-corrected chi connectivity index (χ1v) is 10.6. The van der Waals surface area contributed by atoms with Crippen LogP contribution in [0, 0.1) is 11.8 Å². The van der Waals surface area contributed by atoms with E-state index in [1.54, 1.807) is 30.4 Å². The van der Waals surface area contributed by atoms with E-state index in [1.807, 2.05) is 35.0 Å². The van der Waals surface area contributed by atoms with Gasteiger partial charge in [0.05, 0.1) is 5.75 Å². The molecule has 2 aliphatic rings. The minimum atomic E-state index is 0.120. The van der Waals surface area contributed by atoms with Gasteiger partial charge in [0.2, 0.25) is 5.91 Å². The number of thioether (sulfide) groups is 1. The number of aromatic nitrogens is 4. The van der Waals surface area contributed by atoms with Crippen LogP contribution in [0.3, 0.4) is 0 Å². The Hall–Kier alpha value is -2.61. The minimum Gasteiger partial charge on any atom is -0.354 e. The molecule has 3 aromatic rings. The van der Waals surface area contributed by atoms with Crippen molar-refractivity contribution < 1.29 is 4.79 Å². The molecule has 2 bridgehead atoms. The van der Waals surface area contributed by atoms with Crippen molar-refractivity contribution in [3.63, 3.8) is 0 Å². The number of carbonyl (C=O) groups is 1. The summed E-state index contributed by atoms with van der Waals surface area (Å²) in [5.74, 6) is 2.51. The van der Waals surface area contributed by atoms with Gasteiger partial charge in [-0.1, -0.05) is 0 Å². The van der Waals surface area contributed by atoms with Crippen molar-refractivity contribution in [1.29, 1.82) is 0 Å². The summed E-state index contributed by atoms with van der Waals surface area (Å²) in [5.41, 5.74) is 0.862. The number of imidazole rings is 1. The molecule has 1 N–H and O–H groups in total. The van der Waals surface area contributed by atoms with Gasteiger partial charge in [0, 0.05) is 48.8 Å². The molecular formula is C20H22N6OS. The van der Waals surface area contributed by atoms with E-state index < -0.39 is 0 Å². The SMILES string of the molecule is O=C(CSc1ccncc1)NC1[C@@H]2CC[C@H]1CN(c1ccc3nccn3n1)C2. The Kier molecular flexibility index (Phi) is 4.64. The van der Waals surface area contributed by atoms with E-state index in [4.69, 9.17) is 0 Å². The van der Waals surface area contributed by atoms with Gasteiger partial charge in [-0.15, -0.1) is 16.9 Å². The van der Waals surface area contributed by atoms with Crippen molar-refractivity contribution in [2.24, 2.45) is 11.8 Å². The molecule has 4 heterocycles. The second-order valence-corrected chi connectivity index (χ2v) is 8.54. The lowest BCUT2D eigenvalue weighted by Crippen LogP contribution is -2.53. The Labute approximate surface area is 167 Å². The molecule has 1 aliphatic carbocycles. The largest absolute Gasteiger partial charge is 0.354 e. The Morgan fingerprint density at radius 3 is 2.68 bits per heavy atom. The van der Waals surface area contributed by atoms with Crippen LogP contribution in [0.15, 0.2) is 53.9 Å². The summed E-state index contributed by atoms with van der Waals surface area (Å²) >= 11 is 1.56. The number of anilines is 1. The maximum Gasteiger partial charge on any atom is 0.230 e. The van der Waals surface area contributed by atoms with Crippen LogP contribution in [-0.4, -0.2) is 50.4 Å². The van der Waals surface area contributed by atoms with E-state index >= 15 is 0 Å². The van der Waals surface area contributed by atoms with Crippen molar-refractivity contribution in [2.75, 3.05) is 23.7 Å². The van der Waals surface area contributed by atoms with Crippen LogP contribution >= 0.6 is 11.8 Å². The van der Waals surface area contributed by atoms with Crippen LogP contribution in [-0.2, 0) is 4.79 Å². The number of piperidine rings is 1. The maximum atomic E-state index is 12.5. The third-order valence-corrected chi connectivity index (χ3v) is 6.76. The highest BCUT2D eigenvalue weighted by atomic mass is 32.2. The molecule has 3 aromatic heterocycles. The van der Waals surface area contributed by atoms with Gasteiger partial charge in [-0.05, 0) is 48.9 Å². The first-order valence-electron chi connectivity index (χ1n) is 9.64. The molecule has 1 saturated carbocycles. The van der Waals surface area contributed by atoms with E-state index in [1.165, 1.54) is 0 Å². The monoisotopic (exact) mass is 394 g/mol. The molecule has 3 atom stereocenters. The molecule has 1 saturated heterocycles. The normalized spacial score (nSPS) is 23.9. The van der Waals surface area contributed by atoms with E-state index in [0.717, 1.165) is 42.3 Å². The lowest BCUT2D eigenvalue weighted by Gasteiger charge is -2.38. The Balaban J connectivity index is 1.21. The van der Waals surface area contributed by atoms with Crippen LogP contribution in [0.4, 0.5) is 5.82 Å². The lowest BCUT2D eigenvalue weighted by molar-refractivity contribution is -0.119. The summed E-state index contributed by atoms with van der Waals surface area (Å²) in [7, 11) is 0. The predicted molar refractivity (Wildman–Crippen MR) is 108 cm³/mol. The number of nitrogens with zero attached hydrogens (tertiary/aromatic N) is 5. The van der Waals surface area contributed by atoms with Crippen LogP contribution < -0.4 is 10.2 Å². The molecule has 144 valence electrons. The fourth-order valence-electron chi connectivity index (χ4n) is 4.43. The van der Waals surface area contributed by atoms with E-state index in [-0.39, 0.29) is 11.9 Å². The molecule has 8 heteroatoms. The first kappa shape index (κ1) is 17.5. The van der Waals surface area contributed by atoms with Crippen LogP contribution in [0.2, 0.25) is 0 Å². The summed E-state index contributed by atoms with van der Waals surface area (Å²) in [6.45, 7) is 1.87. The molecule has 0 radical (unpaired) electrons. The van der Waals surface area contributed by atoms with Crippen LogP contribution in [0.5, 0.6) is 0 Å². The number of rotatable bonds is 5. The van der Waals surface area contributed by atoms with Crippen molar-refractivity contribution in [2.45, 2.75) is 23.8 Å². The summed E-state index contributed by atoms with van der Waals surface area (Å²) < 4.78 is 1.82. The van der Waals surface area contributed by atoms with Gasteiger partial charge in [0.15, 0.2) is 5.65 Å². The van der Waals surface area contributed by atoms with Gasteiger partial charge in [-0.3, -0.25) is 9.78 Å². The fourth-order valence-corrected chi connectivity index (χ4v) is 5.13. The Morgan fingerprint density at radius 2 is 1.89 bits per heavy atom. The fraction of sp³-hybridized carbons (Fsp3) is 0.400.